The molecule has 21 heavy (non-hydrogen) atoms. The van der Waals surface area contributed by atoms with Crippen molar-refractivity contribution in [2.24, 2.45) is 5.92 Å². The van der Waals surface area contributed by atoms with Crippen molar-refractivity contribution in [2.75, 3.05) is 31.8 Å². The van der Waals surface area contributed by atoms with E-state index >= 15 is 0 Å². The van der Waals surface area contributed by atoms with Crippen LogP contribution < -0.4 is 9.64 Å². The number of hydrogen-bond donors (Lipinski definition) is 0. The first-order chi connectivity index (χ1) is 10.2. The lowest BCUT2D eigenvalue weighted by Gasteiger charge is -2.16. The molecular weight excluding hydrogens is 268 g/mol. The van der Waals surface area contributed by atoms with Crippen LogP contribution in [0.3, 0.4) is 0 Å². The molecule has 3 rings (SSSR count). The highest BCUT2D eigenvalue weighted by Crippen LogP contribution is 2.28. The summed E-state index contributed by atoms with van der Waals surface area (Å²) in [5, 5.41) is 0. The van der Waals surface area contributed by atoms with Gasteiger partial charge in [-0.05, 0) is 30.9 Å². The predicted molar refractivity (Wildman–Crippen MR) is 78.2 cm³/mol. The minimum atomic E-state index is 0.00999. The molecule has 3 heterocycles. The fraction of sp³-hybridized carbons (Fsp3) is 0.500. The van der Waals surface area contributed by atoms with Crippen molar-refractivity contribution in [3.8, 4) is 17.6 Å². The maximum absolute atomic E-state index is 11.8. The quantitative estimate of drug-likeness (QED) is 0.680. The SMILES string of the molecule is CN1C(=O)CCOc2ccc(C#CC3CCOCC3)nc21. The molecule has 0 spiro atoms. The van der Waals surface area contributed by atoms with E-state index < -0.39 is 0 Å². The summed E-state index contributed by atoms with van der Waals surface area (Å²) in [6.07, 6.45) is 2.31. The van der Waals surface area contributed by atoms with Gasteiger partial charge in [0.25, 0.3) is 0 Å². The second-order valence-corrected chi connectivity index (χ2v) is 5.23. The zero-order valence-corrected chi connectivity index (χ0v) is 12.1. The molecule has 1 aromatic rings. The van der Waals surface area contributed by atoms with E-state index in [1.807, 2.05) is 12.1 Å². The molecule has 0 atom stereocenters. The van der Waals surface area contributed by atoms with E-state index in [2.05, 4.69) is 16.8 Å². The van der Waals surface area contributed by atoms with Crippen molar-refractivity contribution in [3.05, 3.63) is 17.8 Å². The van der Waals surface area contributed by atoms with Crippen LogP contribution in [0.5, 0.6) is 5.75 Å². The largest absolute Gasteiger partial charge is 0.489 e. The zero-order valence-electron chi connectivity index (χ0n) is 12.1. The Morgan fingerprint density at radius 2 is 2.10 bits per heavy atom. The molecule has 0 N–H and O–H groups in total. The summed E-state index contributed by atoms with van der Waals surface area (Å²) in [5.41, 5.74) is 0.672. The molecule has 0 aliphatic carbocycles. The molecule has 0 aromatic carbocycles. The monoisotopic (exact) mass is 286 g/mol. The lowest BCUT2D eigenvalue weighted by molar-refractivity contribution is -0.118. The van der Waals surface area contributed by atoms with Crippen molar-refractivity contribution in [2.45, 2.75) is 19.3 Å². The average molecular weight is 286 g/mol. The number of nitrogens with zero attached hydrogens (tertiary/aromatic N) is 2. The predicted octanol–water partition coefficient (Wildman–Crippen LogP) is 1.60. The van der Waals surface area contributed by atoms with Gasteiger partial charge in [-0.3, -0.25) is 9.69 Å². The molecular formula is C16H18N2O3. The molecule has 1 aromatic heterocycles. The summed E-state index contributed by atoms with van der Waals surface area (Å²) >= 11 is 0. The topological polar surface area (TPSA) is 51.7 Å². The Morgan fingerprint density at radius 1 is 1.29 bits per heavy atom. The summed E-state index contributed by atoms with van der Waals surface area (Å²) in [5.74, 6) is 7.93. The Kier molecular flexibility index (Phi) is 4.07. The van der Waals surface area contributed by atoms with E-state index in [9.17, 15) is 4.79 Å². The van der Waals surface area contributed by atoms with E-state index in [0.29, 0.717) is 36.2 Å². The number of ether oxygens (including phenoxy) is 2. The number of pyridine rings is 1. The molecule has 0 unspecified atom stereocenters. The number of fused-ring (bicyclic) bond motifs is 1. The average Bonchev–Trinajstić information content (AvgIpc) is 2.66. The number of anilines is 1. The Hall–Kier alpha value is -2.06. The number of amides is 1. The third-order valence-corrected chi connectivity index (χ3v) is 3.73. The van der Waals surface area contributed by atoms with Crippen molar-refractivity contribution >= 4 is 11.7 Å². The van der Waals surface area contributed by atoms with Crippen LogP contribution in [-0.2, 0) is 9.53 Å². The molecule has 5 heteroatoms. The first kappa shape index (κ1) is 13.9. The van der Waals surface area contributed by atoms with Gasteiger partial charge in [0.15, 0.2) is 11.6 Å². The van der Waals surface area contributed by atoms with Crippen LogP contribution in [0.25, 0.3) is 0 Å². The molecule has 0 bridgehead atoms. The minimum absolute atomic E-state index is 0.00999. The third-order valence-electron chi connectivity index (χ3n) is 3.73. The number of carbonyl (C=O) groups excluding carboxylic acids is 1. The summed E-state index contributed by atoms with van der Waals surface area (Å²) < 4.78 is 10.9. The highest BCUT2D eigenvalue weighted by atomic mass is 16.5. The highest BCUT2D eigenvalue weighted by molar-refractivity contribution is 5.93. The zero-order chi connectivity index (χ0) is 14.7. The minimum Gasteiger partial charge on any atom is -0.489 e. The van der Waals surface area contributed by atoms with Gasteiger partial charge in [-0.25, -0.2) is 4.98 Å². The Bertz CT molecular complexity index is 597. The smallest absolute Gasteiger partial charge is 0.231 e. The lowest BCUT2D eigenvalue weighted by Crippen LogP contribution is -2.26. The number of rotatable bonds is 0. The second-order valence-electron chi connectivity index (χ2n) is 5.23. The van der Waals surface area contributed by atoms with Gasteiger partial charge >= 0.3 is 0 Å². The molecule has 1 saturated heterocycles. The first-order valence-corrected chi connectivity index (χ1v) is 7.24. The van der Waals surface area contributed by atoms with E-state index in [1.54, 1.807) is 11.9 Å². The Balaban J connectivity index is 1.83. The van der Waals surface area contributed by atoms with Gasteiger partial charge in [-0.15, -0.1) is 0 Å². The van der Waals surface area contributed by atoms with E-state index in [1.165, 1.54) is 0 Å². The van der Waals surface area contributed by atoms with Crippen molar-refractivity contribution in [3.63, 3.8) is 0 Å². The van der Waals surface area contributed by atoms with Crippen molar-refractivity contribution in [1.82, 2.24) is 4.98 Å². The number of carbonyl (C=O) groups is 1. The second kappa shape index (κ2) is 6.15. The third kappa shape index (κ3) is 3.17. The van der Waals surface area contributed by atoms with Crippen LogP contribution >= 0.6 is 0 Å². The summed E-state index contributed by atoms with van der Waals surface area (Å²) in [6, 6.07) is 3.68. The molecule has 5 nitrogen and oxygen atoms in total. The van der Waals surface area contributed by atoms with Crippen LogP contribution in [0.4, 0.5) is 5.82 Å². The fourth-order valence-corrected chi connectivity index (χ4v) is 2.41. The fourth-order valence-electron chi connectivity index (χ4n) is 2.41. The van der Waals surface area contributed by atoms with Gasteiger partial charge in [0.1, 0.15) is 5.69 Å². The standard InChI is InChI=1S/C16H18N2O3/c1-18-15(19)8-11-21-14-5-4-13(17-16(14)18)3-2-12-6-9-20-10-7-12/h4-5,12H,6-11H2,1H3. The maximum Gasteiger partial charge on any atom is 0.231 e. The van der Waals surface area contributed by atoms with Crippen LogP contribution in [0.1, 0.15) is 25.0 Å². The molecule has 1 amide bonds. The number of aromatic nitrogens is 1. The Labute approximate surface area is 124 Å². The van der Waals surface area contributed by atoms with E-state index in [4.69, 9.17) is 9.47 Å². The van der Waals surface area contributed by atoms with Gasteiger partial charge in [-0.1, -0.05) is 5.92 Å². The van der Waals surface area contributed by atoms with Gasteiger partial charge in [-0.2, -0.15) is 0 Å². The summed E-state index contributed by atoms with van der Waals surface area (Å²) in [7, 11) is 1.72. The maximum atomic E-state index is 11.8. The van der Waals surface area contributed by atoms with Crippen LogP contribution in [0, 0.1) is 17.8 Å². The van der Waals surface area contributed by atoms with E-state index in [0.717, 1.165) is 26.1 Å². The molecule has 0 radical (unpaired) electrons. The lowest BCUT2D eigenvalue weighted by atomic mass is 10.0. The van der Waals surface area contributed by atoms with Gasteiger partial charge in [0, 0.05) is 26.2 Å². The Morgan fingerprint density at radius 3 is 2.90 bits per heavy atom. The van der Waals surface area contributed by atoms with Crippen LogP contribution in [0.15, 0.2) is 12.1 Å². The van der Waals surface area contributed by atoms with Crippen molar-refractivity contribution in [1.29, 1.82) is 0 Å². The van der Waals surface area contributed by atoms with Gasteiger partial charge < -0.3 is 9.47 Å². The molecule has 0 saturated carbocycles. The van der Waals surface area contributed by atoms with E-state index in [-0.39, 0.29) is 5.91 Å². The normalized spacial score (nSPS) is 19.1. The van der Waals surface area contributed by atoms with Gasteiger partial charge in [0.2, 0.25) is 5.91 Å². The first-order valence-electron chi connectivity index (χ1n) is 7.24. The van der Waals surface area contributed by atoms with Crippen LogP contribution in [-0.4, -0.2) is 37.8 Å². The molecule has 1 fully saturated rings. The molecule has 2 aliphatic heterocycles. The highest BCUT2D eigenvalue weighted by Gasteiger charge is 2.21. The van der Waals surface area contributed by atoms with Gasteiger partial charge in [0.05, 0.1) is 13.0 Å². The molecule has 110 valence electrons. The number of hydrogen-bond acceptors (Lipinski definition) is 4. The van der Waals surface area contributed by atoms with Crippen molar-refractivity contribution < 1.29 is 14.3 Å². The molecule has 2 aliphatic rings. The summed E-state index contributed by atoms with van der Waals surface area (Å²) in [4.78, 5) is 17.9. The summed E-state index contributed by atoms with van der Waals surface area (Å²) in [6.45, 7) is 1.95. The van der Waals surface area contributed by atoms with Crippen LogP contribution in [0.2, 0.25) is 0 Å².